The Labute approximate surface area is 126 Å². The number of aromatic carboxylic acids is 1. The second-order valence-electron chi connectivity index (χ2n) is 5.35. The van der Waals surface area contributed by atoms with Crippen molar-refractivity contribution in [1.82, 2.24) is 9.97 Å². The fourth-order valence-electron chi connectivity index (χ4n) is 1.48. The molecular formula is C14H16N2O2S2. The van der Waals surface area contributed by atoms with Gasteiger partial charge in [0.1, 0.15) is 5.01 Å². The molecule has 0 saturated carbocycles. The Balaban J connectivity index is 2.04. The number of thioether (sulfide) groups is 1. The molecule has 0 saturated heterocycles. The van der Waals surface area contributed by atoms with E-state index in [2.05, 4.69) is 36.1 Å². The van der Waals surface area contributed by atoms with Gasteiger partial charge in [0.2, 0.25) is 0 Å². The van der Waals surface area contributed by atoms with E-state index in [-0.39, 0.29) is 11.0 Å². The van der Waals surface area contributed by atoms with E-state index >= 15 is 0 Å². The minimum absolute atomic E-state index is 0.0564. The van der Waals surface area contributed by atoms with Crippen LogP contribution >= 0.6 is 23.1 Å². The van der Waals surface area contributed by atoms with E-state index in [9.17, 15) is 4.79 Å². The Morgan fingerprint density at radius 3 is 2.80 bits per heavy atom. The van der Waals surface area contributed by atoms with Crippen molar-refractivity contribution in [1.29, 1.82) is 0 Å². The third-order valence-electron chi connectivity index (χ3n) is 2.65. The van der Waals surface area contributed by atoms with Gasteiger partial charge in [0.05, 0.1) is 22.0 Å². The maximum atomic E-state index is 10.9. The van der Waals surface area contributed by atoms with Gasteiger partial charge in [0, 0.05) is 17.0 Å². The van der Waals surface area contributed by atoms with E-state index in [1.165, 1.54) is 24.0 Å². The first kappa shape index (κ1) is 15.0. The molecule has 106 valence electrons. The number of carboxylic acid groups (broad SMARTS) is 1. The predicted molar refractivity (Wildman–Crippen MR) is 81.6 cm³/mol. The molecule has 0 aliphatic heterocycles. The fourth-order valence-corrected chi connectivity index (χ4v) is 3.41. The van der Waals surface area contributed by atoms with Crippen LogP contribution in [0.5, 0.6) is 0 Å². The van der Waals surface area contributed by atoms with Crippen molar-refractivity contribution in [3.63, 3.8) is 0 Å². The summed E-state index contributed by atoms with van der Waals surface area (Å²) >= 11 is 3.13. The second kappa shape index (κ2) is 5.93. The highest BCUT2D eigenvalue weighted by Gasteiger charge is 2.17. The highest BCUT2D eigenvalue weighted by Crippen LogP contribution is 2.28. The van der Waals surface area contributed by atoms with Crippen LogP contribution in [0.25, 0.3) is 0 Å². The summed E-state index contributed by atoms with van der Waals surface area (Å²) in [6.45, 7) is 6.41. The summed E-state index contributed by atoms with van der Waals surface area (Å²) in [6.07, 6.45) is 1.52. The Kier molecular flexibility index (Phi) is 4.45. The van der Waals surface area contributed by atoms with E-state index in [1.807, 2.05) is 0 Å². The highest BCUT2D eigenvalue weighted by molar-refractivity contribution is 7.98. The molecule has 2 heterocycles. The van der Waals surface area contributed by atoms with Crippen molar-refractivity contribution in [2.75, 3.05) is 0 Å². The van der Waals surface area contributed by atoms with Crippen molar-refractivity contribution >= 4 is 29.1 Å². The van der Waals surface area contributed by atoms with E-state index in [1.54, 1.807) is 17.4 Å². The molecule has 0 fully saturated rings. The molecule has 0 bridgehead atoms. The van der Waals surface area contributed by atoms with Gasteiger partial charge in [-0.25, -0.2) is 14.8 Å². The lowest BCUT2D eigenvalue weighted by Gasteiger charge is -2.14. The van der Waals surface area contributed by atoms with Crippen molar-refractivity contribution in [2.24, 2.45) is 0 Å². The number of thiazole rings is 1. The zero-order valence-electron chi connectivity index (χ0n) is 11.6. The molecule has 1 N–H and O–H groups in total. The molecule has 0 aliphatic rings. The number of aromatic nitrogens is 2. The number of nitrogens with zero attached hydrogens (tertiary/aromatic N) is 2. The van der Waals surface area contributed by atoms with Gasteiger partial charge in [-0.05, 0) is 12.1 Å². The summed E-state index contributed by atoms with van der Waals surface area (Å²) in [6, 6.07) is 3.08. The first-order valence-electron chi connectivity index (χ1n) is 6.13. The molecular weight excluding hydrogens is 292 g/mol. The first-order chi connectivity index (χ1) is 9.36. The molecule has 0 unspecified atom stereocenters. The van der Waals surface area contributed by atoms with Crippen molar-refractivity contribution in [2.45, 2.75) is 37.0 Å². The zero-order chi connectivity index (χ0) is 14.8. The highest BCUT2D eigenvalue weighted by atomic mass is 32.2. The van der Waals surface area contributed by atoms with Gasteiger partial charge < -0.3 is 5.11 Å². The molecule has 2 aromatic rings. The maximum Gasteiger partial charge on any atom is 0.335 e. The van der Waals surface area contributed by atoms with Gasteiger partial charge in [-0.3, -0.25) is 0 Å². The minimum Gasteiger partial charge on any atom is -0.478 e. The summed E-state index contributed by atoms with van der Waals surface area (Å²) < 4.78 is 0. The summed E-state index contributed by atoms with van der Waals surface area (Å²) in [4.78, 5) is 19.7. The number of carboxylic acids is 1. The molecule has 4 nitrogen and oxygen atoms in total. The lowest BCUT2D eigenvalue weighted by Crippen LogP contribution is -2.11. The lowest BCUT2D eigenvalue weighted by atomic mass is 9.93. The largest absolute Gasteiger partial charge is 0.478 e. The van der Waals surface area contributed by atoms with Crippen molar-refractivity contribution in [3.8, 4) is 0 Å². The number of pyridine rings is 1. The molecule has 20 heavy (non-hydrogen) atoms. The SMILES string of the molecule is CC(C)(C)c1csc(CSc2cc(C(=O)O)ccn2)n1. The minimum atomic E-state index is -0.932. The van der Waals surface area contributed by atoms with Gasteiger partial charge >= 0.3 is 5.97 Å². The molecule has 2 aromatic heterocycles. The standard InChI is InChI=1S/C14H16N2O2S2/c1-14(2,3)10-7-19-12(16-10)8-20-11-6-9(13(17)18)4-5-15-11/h4-7H,8H2,1-3H3,(H,17,18). The van der Waals surface area contributed by atoms with Crippen LogP contribution in [-0.4, -0.2) is 21.0 Å². The summed E-state index contributed by atoms with van der Waals surface area (Å²) in [5, 5.41) is 12.8. The summed E-state index contributed by atoms with van der Waals surface area (Å²) in [5.74, 6) is -0.227. The topological polar surface area (TPSA) is 63.1 Å². The molecule has 0 atom stereocenters. The van der Waals surface area contributed by atoms with Gasteiger partial charge in [0.25, 0.3) is 0 Å². The van der Waals surface area contributed by atoms with Crippen LogP contribution in [0.1, 0.15) is 41.8 Å². The smallest absolute Gasteiger partial charge is 0.335 e. The van der Waals surface area contributed by atoms with Crippen LogP contribution < -0.4 is 0 Å². The average Bonchev–Trinajstić information content (AvgIpc) is 2.85. The quantitative estimate of drug-likeness (QED) is 0.870. The van der Waals surface area contributed by atoms with E-state index in [4.69, 9.17) is 5.11 Å². The van der Waals surface area contributed by atoms with Crippen LogP contribution in [0.15, 0.2) is 28.7 Å². The van der Waals surface area contributed by atoms with Crippen LogP contribution in [0.4, 0.5) is 0 Å². The molecule has 0 aromatic carbocycles. The number of rotatable bonds is 4. The lowest BCUT2D eigenvalue weighted by molar-refractivity contribution is 0.0696. The third kappa shape index (κ3) is 3.80. The van der Waals surface area contributed by atoms with Crippen molar-refractivity contribution < 1.29 is 9.90 Å². The van der Waals surface area contributed by atoms with E-state index in [0.717, 1.165) is 10.7 Å². The average molecular weight is 308 g/mol. The van der Waals surface area contributed by atoms with Crippen molar-refractivity contribution in [3.05, 3.63) is 40.0 Å². The Morgan fingerprint density at radius 2 is 2.20 bits per heavy atom. The monoisotopic (exact) mass is 308 g/mol. The normalized spacial score (nSPS) is 11.6. The molecule has 2 rings (SSSR count). The van der Waals surface area contributed by atoms with Gasteiger partial charge in [-0.1, -0.05) is 32.5 Å². The number of hydrogen-bond donors (Lipinski definition) is 1. The molecule has 0 amide bonds. The first-order valence-corrected chi connectivity index (χ1v) is 8.00. The second-order valence-corrected chi connectivity index (χ2v) is 7.29. The van der Waals surface area contributed by atoms with E-state index < -0.39 is 5.97 Å². The molecule has 6 heteroatoms. The van der Waals surface area contributed by atoms with Crippen LogP contribution in [-0.2, 0) is 11.2 Å². The Morgan fingerprint density at radius 1 is 1.45 bits per heavy atom. The third-order valence-corrected chi connectivity index (χ3v) is 4.61. The predicted octanol–water partition coefficient (Wildman–Crippen LogP) is 3.83. The summed E-state index contributed by atoms with van der Waals surface area (Å²) in [5.41, 5.74) is 1.41. The Hall–Kier alpha value is -1.40. The fraction of sp³-hybridized carbons (Fsp3) is 0.357. The van der Waals surface area contributed by atoms with Gasteiger partial charge in [-0.2, -0.15) is 0 Å². The summed E-state index contributed by atoms with van der Waals surface area (Å²) in [7, 11) is 0. The van der Waals surface area contributed by atoms with Crippen LogP contribution in [0.2, 0.25) is 0 Å². The zero-order valence-corrected chi connectivity index (χ0v) is 13.2. The van der Waals surface area contributed by atoms with Crippen LogP contribution in [0, 0.1) is 0 Å². The molecule has 0 radical (unpaired) electrons. The molecule has 0 aliphatic carbocycles. The number of carbonyl (C=O) groups is 1. The Bertz CT molecular complexity index is 618. The van der Waals surface area contributed by atoms with Gasteiger partial charge in [0.15, 0.2) is 0 Å². The number of hydrogen-bond acceptors (Lipinski definition) is 5. The molecule has 0 spiro atoms. The van der Waals surface area contributed by atoms with E-state index in [0.29, 0.717) is 10.8 Å². The maximum absolute atomic E-state index is 10.9. The van der Waals surface area contributed by atoms with Crippen LogP contribution in [0.3, 0.4) is 0 Å². The van der Waals surface area contributed by atoms with Gasteiger partial charge in [-0.15, -0.1) is 11.3 Å².